The lowest BCUT2D eigenvalue weighted by molar-refractivity contribution is -0.143. The molecule has 0 amide bonds. The summed E-state index contributed by atoms with van der Waals surface area (Å²) in [5.74, 6) is -0.368. The lowest BCUT2D eigenvalue weighted by Crippen LogP contribution is -2.22. The maximum atomic E-state index is 13.4. The normalized spacial score (nSPS) is 14.6. The maximum Gasteiger partial charge on any atom is 0.334 e. The number of carbonyl (C=O) groups is 2. The molecule has 0 spiro atoms. The Morgan fingerprint density at radius 1 is 0.541 bits per heavy atom. The Balaban J connectivity index is 2.80. The molecule has 0 aromatic rings. The van der Waals surface area contributed by atoms with Crippen LogP contribution in [0.2, 0.25) is 0 Å². The third-order valence-electron chi connectivity index (χ3n) is 7.80. The van der Waals surface area contributed by atoms with E-state index in [0.29, 0.717) is 30.8 Å². The van der Waals surface area contributed by atoms with Crippen molar-refractivity contribution in [1.82, 2.24) is 0 Å². The predicted octanol–water partition coefficient (Wildman–Crippen LogP) is 10.0. The lowest BCUT2D eigenvalue weighted by atomic mass is 9.90. The smallest absolute Gasteiger partial charge is 0.334 e. The van der Waals surface area contributed by atoms with Crippen LogP contribution in [0.3, 0.4) is 0 Å². The molecule has 0 unspecified atom stereocenters. The van der Waals surface area contributed by atoms with Gasteiger partial charge in [0.2, 0.25) is 0 Å². The summed E-state index contributed by atoms with van der Waals surface area (Å²) in [6, 6.07) is 0. The first kappa shape index (κ1) is 33.7. The van der Waals surface area contributed by atoms with Crippen LogP contribution in [0.15, 0.2) is 11.1 Å². The molecule has 1 saturated carbocycles. The predicted molar refractivity (Wildman–Crippen MR) is 156 cm³/mol. The van der Waals surface area contributed by atoms with Gasteiger partial charge in [-0.25, -0.2) is 9.59 Å². The summed E-state index contributed by atoms with van der Waals surface area (Å²) in [4.78, 5) is 26.7. The van der Waals surface area contributed by atoms with Gasteiger partial charge >= 0.3 is 11.9 Å². The van der Waals surface area contributed by atoms with Crippen molar-refractivity contribution in [2.24, 2.45) is 5.92 Å². The van der Waals surface area contributed by atoms with Crippen LogP contribution < -0.4 is 0 Å². The summed E-state index contributed by atoms with van der Waals surface area (Å²) in [5.41, 5.74) is 1.28. The molecule has 37 heavy (non-hydrogen) atoms. The Kier molecular flexibility index (Phi) is 21.7. The van der Waals surface area contributed by atoms with Crippen molar-refractivity contribution in [3.8, 4) is 0 Å². The molecule has 1 fully saturated rings. The molecule has 0 heterocycles. The summed E-state index contributed by atoms with van der Waals surface area (Å²) in [7, 11) is 0. The lowest BCUT2D eigenvalue weighted by Gasteiger charge is -2.19. The second-order valence-electron chi connectivity index (χ2n) is 11.2. The van der Waals surface area contributed by atoms with Crippen LogP contribution in [0, 0.1) is 5.92 Å². The van der Waals surface area contributed by atoms with Crippen molar-refractivity contribution in [2.45, 2.75) is 168 Å². The average Bonchev–Trinajstić information content (AvgIpc) is 3.43. The van der Waals surface area contributed by atoms with Gasteiger partial charge in [-0.15, -0.1) is 0 Å². The first-order chi connectivity index (χ1) is 18.2. The topological polar surface area (TPSA) is 52.6 Å². The molecule has 0 saturated heterocycles. The van der Waals surface area contributed by atoms with Crippen molar-refractivity contribution in [3.63, 3.8) is 0 Å². The Labute approximate surface area is 229 Å². The fourth-order valence-corrected chi connectivity index (χ4v) is 5.44. The fraction of sp³-hybridized carbons (Fsp3) is 0.879. The highest BCUT2D eigenvalue weighted by atomic mass is 16.5. The van der Waals surface area contributed by atoms with E-state index >= 15 is 0 Å². The van der Waals surface area contributed by atoms with E-state index in [1.54, 1.807) is 0 Å². The van der Waals surface area contributed by atoms with Gasteiger partial charge in [0.15, 0.2) is 0 Å². The molecule has 4 heteroatoms. The van der Waals surface area contributed by atoms with Gasteiger partial charge < -0.3 is 9.47 Å². The van der Waals surface area contributed by atoms with Crippen LogP contribution in [-0.2, 0) is 19.1 Å². The van der Waals surface area contributed by atoms with Crippen molar-refractivity contribution < 1.29 is 19.1 Å². The molecule has 0 aromatic carbocycles. The quantitative estimate of drug-likeness (QED) is 0.0721. The zero-order chi connectivity index (χ0) is 27.0. The van der Waals surface area contributed by atoms with Gasteiger partial charge in [0.1, 0.15) is 0 Å². The summed E-state index contributed by atoms with van der Waals surface area (Å²) in [5, 5.41) is 0. The van der Waals surface area contributed by atoms with E-state index < -0.39 is 0 Å². The molecule has 0 N–H and O–H groups in total. The first-order valence-corrected chi connectivity index (χ1v) is 16.2. The van der Waals surface area contributed by atoms with E-state index in [2.05, 4.69) is 20.8 Å². The van der Waals surface area contributed by atoms with Gasteiger partial charge in [-0.2, -0.15) is 0 Å². The van der Waals surface area contributed by atoms with Gasteiger partial charge in [0.25, 0.3) is 0 Å². The number of rotatable bonds is 24. The fourth-order valence-electron chi connectivity index (χ4n) is 5.44. The number of carbonyl (C=O) groups excluding carboxylic acids is 2. The van der Waals surface area contributed by atoms with Gasteiger partial charge in [-0.05, 0) is 44.4 Å². The standard InChI is InChI=1S/C33H60O4/c1-4-7-10-13-16-19-26-30(32(34)36-27-22-17-14-11-8-5-2)31(29-24-20-21-25-29)33(35)37-28-23-18-15-12-9-6-3/h29H,4-28H2,1-3H3/b31-30-. The van der Waals surface area contributed by atoms with Gasteiger partial charge in [-0.1, -0.05) is 130 Å². The molecule has 0 radical (unpaired) electrons. The van der Waals surface area contributed by atoms with Crippen molar-refractivity contribution >= 4 is 11.9 Å². The number of ether oxygens (including phenoxy) is 2. The van der Waals surface area contributed by atoms with E-state index in [9.17, 15) is 9.59 Å². The second kappa shape index (κ2) is 23.8. The van der Waals surface area contributed by atoms with E-state index in [-0.39, 0.29) is 17.9 Å². The summed E-state index contributed by atoms with van der Waals surface area (Å²) in [6.45, 7) is 7.58. The molecular formula is C33H60O4. The minimum Gasteiger partial charge on any atom is -0.462 e. The molecule has 1 aliphatic rings. The van der Waals surface area contributed by atoms with Gasteiger partial charge in [-0.3, -0.25) is 0 Å². The van der Waals surface area contributed by atoms with E-state index in [0.717, 1.165) is 64.2 Å². The minimum absolute atomic E-state index is 0.147. The SMILES string of the molecule is CCCCCCCCOC(=O)/C(CCCCCCCC)=C(\C(=O)OCCCCCCCC)C1CCCC1. The van der Waals surface area contributed by atoms with E-state index in [4.69, 9.17) is 9.47 Å². The Hall–Kier alpha value is -1.32. The zero-order valence-corrected chi connectivity index (χ0v) is 24.9. The minimum atomic E-state index is -0.263. The molecule has 1 aliphatic carbocycles. The van der Waals surface area contributed by atoms with Crippen LogP contribution in [0.5, 0.6) is 0 Å². The van der Waals surface area contributed by atoms with Crippen molar-refractivity contribution in [2.75, 3.05) is 13.2 Å². The first-order valence-electron chi connectivity index (χ1n) is 16.2. The number of hydrogen-bond acceptors (Lipinski definition) is 4. The van der Waals surface area contributed by atoms with Crippen LogP contribution in [0.1, 0.15) is 168 Å². The molecule has 0 aromatic heterocycles. The van der Waals surface area contributed by atoms with Gasteiger partial charge in [0.05, 0.1) is 18.8 Å². The summed E-state index contributed by atoms with van der Waals surface area (Å²) < 4.78 is 11.6. The van der Waals surface area contributed by atoms with Crippen LogP contribution >= 0.6 is 0 Å². The highest BCUT2D eigenvalue weighted by Gasteiger charge is 2.31. The third-order valence-corrected chi connectivity index (χ3v) is 7.80. The number of esters is 2. The largest absolute Gasteiger partial charge is 0.462 e. The molecule has 216 valence electrons. The highest BCUT2D eigenvalue weighted by Crippen LogP contribution is 2.35. The Bertz CT molecular complexity index is 603. The third kappa shape index (κ3) is 16.3. The van der Waals surface area contributed by atoms with Gasteiger partial charge in [0, 0.05) is 5.57 Å². The molecule has 1 rings (SSSR count). The molecule has 4 nitrogen and oxygen atoms in total. The monoisotopic (exact) mass is 520 g/mol. The number of unbranched alkanes of at least 4 members (excludes halogenated alkanes) is 15. The van der Waals surface area contributed by atoms with E-state index in [1.165, 1.54) is 77.0 Å². The van der Waals surface area contributed by atoms with Crippen LogP contribution in [0.4, 0.5) is 0 Å². The molecule has 0 atom stereocenters. The molecular weight excluding hydrogens is 460 g/mol. The van der Waals surface area contributed by atoms with Crippen LogP contribution in [0.25, 0.3) is 0 Å². The van der Waals surface area contributed by atoms with Crippen LogP contribution in [-0.4, -0.2) is 25.2 Å². The Morgan fingerprint density at radius 3 is 1.43 bits per heavy atom. The zero-order valence-electron chi connectivity index (χ0n) is 24.9. The van der Waals surface area contributed by atoms with E-state index in [1.807, 2.05) is 0 Å². The number of hydrogen-bond donors (Lipinski definition) is 0. The molecule has 0 aliphatic heterocycles. The van der Waals surface area contributed by atoms with Crippen molar-refractivity contribution in [1.29, 1.82) is 0 Å². The second-order valence-corrected chi connectivity index (χ2v) is 11.2. The summed E-state index contributed by atoms with van der Waals surface area (Å²) >= 11 is 0. The van der Waals surface area contributed by atoms with Crippen molar-refractivity contribution in [3.05, 3.63) is 11.1 Å². The highest BCUT2D eigenvalue weighted by molar-refractivity contribution is 6.00. The Morgan fingerprint density at radius 2 is 0.946 bits per heavy atom. The maximum absolute atomic E-state index is 13.4. The average molecular weight is 521 g/mol. The molecule has 0 bridgehead atoms. The summed E-state index contributed by atoms with van der Waals surface area (Å²) in [6.07, 6.45) is 25.7.